The van der Waals surface area contributed by atoms with E-state index in [4.69, 9.17) is 13.9 Å². The van der Waals surface area contributed by atoms with Crippen molar-refractivity contribution in [2.75, 3.05) is 24.7 Å². The van der Waals surface area contributed by atoms with Gasteiger partial charge in [-0.3, -0.25) is 14.3 Å². The van der Waals surface area contributed by atoms with Gasteiger partial charge in [0.25, 0.3) is 0 Å². The average molecular weight is 564 g/mol. The molecule has 0 fully saturated rings. The van der Waals surface area contributed by atoms with E-state index >= 15 is 0 Å². The molecule has 2 N–H and O–H groups in total. The van der Waals surface area contributed by atoms with Crippen LogP contribution < -0.4 is 14.2 Å². The molecule has 13 heteroatoms. The maximum atomic E-state index is 13.0. The molecular weight excluding hydrogens is 542 g/mol. The highest BCUT2D eigenvalue weighted by Crippen LogP contribution is 2.38. The number of benzene rings is 1. The van der Waals surface area contributed by atoms with Gasteiger partial charge in [-0.25, -0.2) is 8.42 Å². The lowest BCUT2D eigenvalue weighted by Gasteiger charge is -2.17. The fourth-order valence-electron chi connectivity index (χ4n) is 3.39. The van der Waals surface area contributed by atoms with E-state index in [0.717, 1.165) is 0 Å². The first-order valence-corrected chi connectivity index (χ1v) is 12.7. The molecule has 0 unspecified atom stereocenters. The van der Waals surface area contributed by atoms with E-state index in [0.29, 0.717) is 33.2 Å². The first-order chi connectivity index (χ1) is 16.7. The number of ether oxygens (including phenoxy) is 2. The number of pyridine rings is 1. The van der Waals surface area contributed by atoms with Crippen molar-refractivity contribution >= 4 is 31.9 Å². The number of aliphatic hydroxyl groups is 1. The standard InChI is InChI=1S/C22H22BrN5O6S/c1-13-7-10-19(34-13)21-25-26-22(28(21)20-17(32-2)5-4-6-18(20)33-3)27-35(30,31)12-16(29)15-9-8-14(23)11-24-15/h4-11,16,29H,12H2,1-3H3,(H,26,27)/t16-/m1/s1. The Morgan fingerprint density at radius 2 is 1.83 bits per heavy atom. The maximum absolute atomic E-state index is 13.0. The molecule has 0 aliphatic carbocycles. The number of furan rings is 1. The molecule has 4 rings (SSSR count). The van der Waals surface area contributed by atoms with Gasteiger partial charge < -0.3 is 19.0 Å². The number of nitrogens with zero attached hydrogens (tertiary/aromatic N) is 4. The number of nitrogens with one attached hydrogen (secondary N) is 1. The number of hydrogen-bond acceptors (Lipinski definition) is 9. The van der Waals surface area contributed by atoms with Gasteiger partial charge in [-0.1, -0.05) is 6.07 Å². The monoisotopic (exact) mass is 563 g/mol. The van der Waals surface area contributed by atoms with Crippen LogP contribution in [0.5, 0.6) is 11.5 Å². The number of sulfonamides is 1. The van der Waals surface area contributed by atoms with Crippen LogP contribution in [-0.4, -0.2) is 53.2 Å². The number of para-hydroxylation sites is 1. The number of methoxy groups -OCH3 is 2. The summed E-state index contributed by atoms with van der Waals surface area (Å²) in [4.78, 5) is 4.06. The summed E-state index contributed by atoms with van der Waals surface area (Å²) in [5.74, 6) is 1.16. The number of rotatable bonds is 9. The van der Waals surface area contributed by atoms with Crippen molar-refractivity contribution in [3.8, 4) is 28.8 Å². The third kappa shape index (κ3) is 5.31. The van der Waals surface area contributed by atoms with Crippen LogP contribution in [0, 0.1) is 6.92 Å². The van der Waals surface area contributed by atoms with Gasteiger partial charge >= 0.3 is 0 Å². The Morgan fingerprint density at radius 3 is 2.40 bits per heavy atom. The number of hydrogen-bond donors (Lipinski definition) is 2. The molecule has 0 spiro atoms. The van der Waals surface area contributed by atoms with E-state index in [1.165, 1.54) is 31.0 Å². The second-order valence-electron chi connectivity index (χ2n) is 7.40. The highest BCUT2D eigenvalue weighted by Gasteiger charge is 2.28. The quantitative estimate of drug-likeness (QED) is 0.313. The van der Waals surface area contributed by atoms with Gasteiger partial charge in [0, 0.05) is 10.7 Å². The summed E-state index contributed by atoms with van der Waals surface area (Å²) in [7, 11) is -1.16. The molecule has 3 aromatic heterocycles. The topological polar surface area (TPSA) is 142 Å². The first kappa shape index (κ1) is 24.7. The van der Waals surface area contributed by atoms with Crippen molar-refractivity contribution in [1.82, 2.24) is 19.7 Å². The highest BCUT2D eigenvalue weighted by molar-refractivity contribution is 9.10. The zero-order chi connectivity index (χ0) is 25.2. The zero-order valence-electron chi connectivity index (χ0n) is 19.0. The fraction of sp³-hybridized carbons (Fsp3) is 0.227. The van der Waals surface area contributed by atoms with E-state index in [-0.39, 0.29) is 17.5 Å². The summed E-state index contributed by atoms with van der Waals surface area (Å²) in [6.07, 6.45) is 0.103. The van der Waals surface area contributed by atoms with Crippen LogP contribution in [0.2, 0.25) is 0 Å². The van der Waals surface area contributed by atoms with E-state index in [1.807, 2.05) is 0 Å². The minimum atomic E-state index is -4.11. The van der Waals surface area contributed by atoms with Crippen LogP contribution in [-0.2, 0) is 10.0 Å². The predicted molar refractivity (Wildman–Crippen MR) is 131 cm³/mol. The summed E-state index contributed by atoms with van der Waals surface area (Å²) in [6.45, 7) is 1.77. The van der Waals surface area contributed by atoms with Crippen LogP contribution in [0.15, 0.2) is 57.6 Å². The summed E-state index contributed by atoms with van der Waals surface area (Å²) in [6, 6.07) is 11.7. The third-order valence-corrected chi connectivity index (χ3v) is 6.68. The molecular formula is C22H22BrN5O6S. The van der Waals surface area contributed by atoms with Crippen LogP contribution in [0.3, 0.4) is 0 Å². The van der Waals surface area contributed by atoms with Gasteiger partial charge in [-0.2, -0.15) is 0 Å². The highest BCUT2D eigenvalue weighted by atomic mass is 79.9. The second kappa shape index (κ2) is 10.1. The molecule has 4 aromatic rings. The maximum Gasteiger partial charge on any atom is 0.243 e. The number of aryl methyl sites for hydroxylation is 1. The van der Waals surface area contributed by atoms with Crippen molar-refractivity contribution in [2.45, 2.75) is 13.0 Å². The number of anilines is 1. The first-order valence-electron chi connectivity index (χ1n) is 10.3. The smallest absolute Gasteiger partial charge is 0.243 e. The molecule has 184 valence electrons. The molecule has 11 nitrogen and oxygen atoms in total. The van der Waals surface area contributed by atoms with Gasteiger partial charge in [-0.15, -0.1) is 10.2 Å². The third-order valence-electron chi connectivity index (χ3n) is 4.96. The van der Waals surface area contributed by atoms with Gasteiger partial charge in [-0.05, 0) is 59.3 Å². The van der Waals surface area contributed by atoms with Gasteiger partial charge in [0.05, 0.1) is 19.9 Å². The van der Waals surface area contributed by atoms with Crippen LogP contribution >= 0.6 is 15.9 Å². The molecule has 1 atom stereocenters. The van der Waals surface area contributed by atoms with Crippen molar-refractivity contribution in [3.63, 3.8) is 0 Å². The Balaban J connectivity index is 1.77. The molecule has 1 aromatic carbocycles. The lowest BCUT2D eigenvalue weighted by Crippen LogP contribution is -2.24. The van der Waals surface area contributed by atoms with Gasteiger partial charge in [0.1, 0.15) is 34.8 Å². The Morgan fingerprint density at radius 1 is 1.11 bits per heavy atom. The Hall–Kier alpha value is -3.42. The fourth-order valence-corrected chi connectivity index (χ4v) is 4.70. The molecule has 0 saturated heterocycles. The second-order valence-corrected chi connectivity index (χ2v) is 10.1. The Kier molecular flexibility index (Phi) is 7.10. The molecule has 35 heavy (non-hydrogen) atoms. The molecule has 0 saturated carbocycles. The van der Waals surface area contributed by atoms with Crippen molar-refractivity contribution < 1.29 is 27.4 Å². The minimum Gasteiger partial charge on any atom is -0.494 e. The average Bonchev–Trinajstić information content (AvgIpc) is 3.43. The Labute approximate surface area is 209 Å². The molecule has 0 aliphatic rings. The predicted octanol–water partition coefficient (Wildman–Crippen LogP) is 3.49. The van der Waals surface area contributed by atoms with E-state index in [1.54, 1.807) is 43.3 Å². The summed E-state index contributed by atoms with van der Waals surface area (Å²) in [5.41, 5.74) is 0.567. The minimum absolute atomic E-state index is 0.146. The lowest BCUT2D eigenvalue weighted by molar-refractivity contribution is 0.197. The zero-order valence-corrected chi connectivity index (χ0v) is 21.4. The summed E-state index contributed by atoms with van der Waals surface area (Å²) in [5, 5.41) is 18.7. The SMILES string of the molecule is COc1cccc(OC)c1-n1c(NS(=O)(=O)C[C@@H](O)c2ccc(Br)cn2)nnc1-c1ccc(C)o1. The van der Waals surface area contributed by atoms with E-state index in [9.17, 15) is 13.5 Å². The van der Waals surface area contributed by atoms with Crippen LogP contribution in [0.25, 0.3) is 17.3 Å². The van der Waals surface area contributed by atoms with Crippen molar-refractivity contribution in [1.29, 1.82) is 0 Å². The van der Waals surface area contributed by atoms with Crippen LogP contribution in [0.1, 0.15) is 17.6 Å². The van der Waals surface area contributed by atoms with E-state index < -0.39 is 21.9 Å². The molecule has 0 radical (unpaired) electrons. The summed E-state index contributed by atoms with van der Waals surface area (Å²) < 4.78 is 47.3. The molecule has 0 aliphatic heterocycles. The number of aromatic nitrogens is 4. The van der Waals surface area contributed by atoms with Crippen molar-refractivity contribution in [3.05, 3.63) is 64.6 Å². The molecule has 3 heterocycles. The van der Waals surface area contributed by atoms with Gasteiger partial charge in [0.15, 0.2) is 5.76 Å². The normalized spacial score (nSPS) is 12.4. The number of aliphatic hydroxyl groups excluding tert-OH is 1. The van der Waals surface area contributed by atoms with Gasteiger partial charge in [0.2, 0.25) is 21.8 Å². The lowest BCUT2D eigenvalue weighted by atomic mass is 10.2. The summed E-state index contributed by atoms with van der Waals surface area (Å²) >= 11 is 3.26. The van der Waals surface area contributed by atoms with Crippen LogP contribution in [0.4, 0.5) is 5.95 Å². The molecule has 0 bridgehead atoms. The molecule has 0 amide bonds. The van der Waals surface area contributed by atoms with E-state index in [2.05, 4.69) is 35.8 Å². The largest absolute Gasteiger partial charge is 0.494 e. The Bertz CT molecular complexity index is 1410. The van der Waals surface area contributed by atoms with Crippen molar-refractivity contribution in [2.24, 2.45) is 0 Å². The number of halogens is 1.